The molecule has 0 radical (unpaired) electrons. The van der Waals surface area contributed by atoms with Gasteiger partial charge in [-0.1, -0.05) is 65.3 Å². The zero-order valence-electron chi connectivity index (χ0n) is 18.0. The summed E-state index contributed by atoms with van der Waals surface area (Å²) in [5.41, 5.74) is 2.57. The number of likely N-dealkylation sites (tertiary alicyclic amines) is 2. The van der Waals surface area contributed by atoms with Crippen molar-refractivity contribution < 1.29 is 4.79 Å². The number of hydrogen-bond acceptors (Lipinski definition) is 2. The fraction of sp³-hybridized carbons (Fsp3) is 0.500. The molecule has 2 aromatic carbocycles. The highest BCUT2D eigenvalue weighted by atomic mass is 79.9. The van der Waals surface area contributed by atoms with Crippen LogP contribution in [0.4, 0.5) is 0 Å². The summed E-state index contributed by atoms with van der Waals surface area (Å²) in [7, 11) is 0. The van der Waals surface area contributed by atoms with E-state index in [1.807, 2.05) is 0 Å². The molecular weight excluding hydrogens is 436 g/mol. The van der Waals surface area contributed by atoms with Gasteiger partial charge in [-0.15, -0.1) is 0 Å². The molecule has 2 fully saturated rings. The number of halogens is 1. The Morgan fingerprint density at radius 1 is 0.967 bits per heavy atom. The maximum Gasteiger partial charge on any atom is 0.229 e. The van der Waals surface area contributed by atoms with E-state index in [0.717, 1.165) is 56.5 Å². The highest BCUT2D eigenvalue weighted by molar-refractivity contribution is 9.10. The molecule has 2 aliphatic heterocycles. The molecule has 0 saturated carbocycles. The fourth-order valence-electron chi connectivity index (χ4n) is 5.19. The molecule has 0 N–H and O–H groups in total. The molecule has 2 heterocycles. The Balaban J connectivity index is 1.28. The molecular formula is C26H33BrN2O. The lowest BCUT2D eigenvalue weighted by Gasteiger charge is -2.38. The van der Waals surface area contributed by atoms with Crippen molar-refractivity contribution in [1.82, 2.24) is 9.80 Å². The van der Waals surface area contributed by atoms with Crippen LogP contribution in [0.15, 0.2) is 59.1 Å². The van der Waals surface area contributed by atoms with Gasteiger partial charge >= 0.3 is 0 Å². The SMILES string of the molecule is CCC(CCN1CCC2(CC1)CCN(Cc1ccc(Br)cc1)C2=O)c1ccccc1. The van der Waals surface area contributed by atoms with Crippen molar-refractivity contribution in [2.75, 3.05) is 26.2 Å². The van der Waals surface area contributed by atoms with Crippen LogP contribution in [0.3, 0.4) is 0 Å². The Hall–Kier alpha value is -1.65. The zero-order valence-corrected chi connectivity index (χ0v) is 19.6. The molecule has 3 nitrogen and oxygen atoms in total. The van der Waals surface area contributed by atoms with Crippen LogP contribution in [0.5, 0.6) is 0 Å². The lowest BCUT2D eigenvalue weighted by atomic mass is 9.77. The van der Waals surface area contributed by atoms with Gasteiger partial charge in [-0.2, -0.15) is 0 Å². The second-order valence-electron chi connectivity index (χ2n) is 9.03. The van der Waals surface area contributed by atoms with Gasteiger partial charge in [-0.25, -0.2) is 0 Å². The molecule has 2 aliphatic rings. The number of nitrogens with zero attached hydrogens (tertiary/aromatic N) is 2. The Morgan fingerprint density at radius 2 is 1.63 bits per heavy atom. The Labute approximate surface area is 189 Å². The van der Waals surface area contributed by atoms with Crippen molar-refractivity contribution in [2.45, 2.75) is 51.5 Å². The van der Waals surface area contributed by atoms with Gasteiger partial charge in [0.25, 0.3) is 0 Å². The Morgan fingerprint density at radius 3 is 2.30 bits per heavy atom. The molecule has 4 rings (SSSR count). The van der Waals surface area contributed by atoms with Crippen LogP contribution in [0.25, 0.3) is 0 Å². The van der Waals surface area contributed by atoms with E-state index in [1.165, 1.54) is 24.0 Å². The van der Waals surface area contributed by atoms with E-state index in [4.69, 9.17) is 0 Å². The van der Waals surface area contributed by atoms with Gasteiger partial charge in [0.2, 0.25) is 5.91 Å². The first-order valence-corrected chi connectivity index (χ1v) is 12.2. The average molecular weight is 469 g/mol. The number of hydrogen-bond donors (Lipinski definition) is 0. The summed E-state index contributed by atoms with van der Waals surface area (Å²) < 4.78 is 1.08. The largest absolute Gasteiger partial charge is 0.338 e. The molecule has 1 spiro atoms. The van der Waals surface area contributed by atoms with Gasteiger partial charge in [0.05, 0.1) is 5.41 Å². The van der Waals surface area contributed by atoms with Crippen LogP contribution >= 0.6 is 15.9 Å². The van der Waals surface area contributed by atoms with Crippen LogP contribution < -0.4 is 0 Å². The minimum absolute atomic E-state index is 0.102. The van der Waals surface area contributed by atoms with E-state index in [-0.39, 0.29) is 5.41 Å². The number of rotatable bonds is 7. The quantitative estimate of drug-likeness (QED) is 0.508. The van der Waals surface area contributed by atoms with Gasteiger partial charge in [-0.05, 0) is 80.9 Å². The topological polar surface area (TPSA) is 23.6 Å². The second-order valence-corrected chi connectivity index (χ2v) is 9.95. The fourth-order valence-corrected chi connectivity index (χ4v) is 5.46. The highest BCUT2D eigenvalue weighted by Crippen LogP contribution is 2.42. The molecule has 4 heteroatoms. The summed E-state index contributed by atoms with van der Waals surface area (Å²) in [6.45, 7) is 7.19. The molecule has 0 aromatic heterocycles. The second kappa shape index (κ2) is 9.65. The van der Waals surface area contributed by atoms with Gasteiger partial charge in [0.15, 0.2) is 0 Å². The maximum absolute atomic E-state index is 13.3. The lowest BCUT2D eigenvalue weighted by molar-refractivity contribution is -0.138. The smallest absolute Gasteiger partial charge is 0.229 e. The third-order valence-corrected chi connectivity index (χ3v) is 7.79. The van der Waals surface area contributed by atoms with Gasteiger partial charge in [-0.3, -0.25) is 4.79 Å². The lowest BCUT2D eigenvalue weighted by Crippen LogP contribution is -2.44. The first-order chi connectivity index (χ1) is 14.6. The van der Waals surface area contributed by atoms with Crippen LogP contribution in [-0.4, -0.2) is 41.9 Å². The summed E-state index contributed by atoms with van der Waals surface area (Å²) in [5, 5.41) is 0. The summed E-state index contributed by atoms with van der Waals surface area (Å²) >= 11 is 3.49. The zero-order chi connectivity index (χ0) is 21.0. The van der Waals surface area contributed by atoms with Crippen LogP contribution in [0, 0.1) is 5.41 Å². The normalized spacial score (nSPS) is 20.1. The number of carbonyl (C=O) groups is 1. The monoisotopic (exact) mass is 468 g/mol. The summed E-state index contributed by atoms with van der Waals surface area (Å²) in [6, 6.07) is 19.3. The van der Waals surface area contributed by atoms with Crippen molar-refractivity contribution in [3.05, 3.63) is 70.2 Å². The number of piperidine rings is 1. The standard InChI is InChI=1S/C26H33BrN2O/c1-2-22(23-6-4-3-5-7-23)12-16-28-17-13-26(14-18-28)15-19-29(25(26)30)20-21-8-10-24(27)11-9-21/h3-11,22H,2,12-20H2,1H3. The molecule has 30 heavy (non-hydrogen) atoms. The predicted octanol–water partition coefficient (Wildman–Crippen LogP) is 5.85. The number of amides is 1. The first kappa shape index (κ1) is 21.6. The van der Waals surface area contributed by atoms with Gasteiger partial charge in [0, 0.05) is 17.6 Å². The van der Waals surface area contributed by atoms with Crippen molar-refractivity contribution >= 4 is 21.8 Å². The average Bonchev–Trinajstić information content (AvgIpc) is 3.07. The van der Waals surface area contributed by atoms with E-state index in [2.05, 4.69) is 87.3 Å². The van der Waals surface area contributed by atoms with Crippen molar-refractivity contribution in [3.8, 4) is 0 Å². The number of carbonyl (C=O) groups excluding carboxylic acids is 1. The maximum atomic E-state index is 13.3. The summed E-state index contributed by atoms with van der Waals surface area (Å²) in [6.07, 6.45) is 5.45. The molecule has 160 valence electrons. The van der Waals surface area contributed by atoms with E-state index < -0.39 is 0 Å². The molecule has 1 amide bonds. The molecule has 0 bridgehead atoms. The molecule has 2 saturated heterocycles. The highest BCUT2D eigenvalue weighted by Gasteiger charge is 2.47. The molecule has 1 unspecified atom stereocenters. The predicted molar refractivity (Wildman–Crippen MR) is 126 cm³/mol. The van der Waals surface area contributed by atoms with Gasteiger partial charge < -0.3 is 9.80 Å². The summed E-state index contributed by atoms with van der Waals surface area (Å²) in [5.74, 6) is 1.03. The van der Waals surface area contributed by atoms with E-state index in [0.29, 0.717) is 11.8 Å². The molecule has 1 atom stereocenters. The molecule has 2 aromatic rings. The minimum atomic E-state index is -0.102. The Kier molecular flexibility index (Phi) is 6.94. The van der Waals surface area contributed by atoms with Crippen LogP contribution in [0.1, 0.15) is 56.1 Å². The minimum Gasteiger partial charge on any atom is -0.338 e. The van der Waals surface area contributed by atoms with Crippen LogP contribution in [0.2, 0.25) is 0 Å². The van der Waals surface area contributed by atoms with E-state index in [9.17, 15) is 4.79 Å². The summed E-state index contributed by atoms with van der Waals surface area (Å²) in [4.78, 5) is 17.9. The van der Waals surface area contributed by atoms with Crippen molar-refractivity contribution in [1.29, 1.82) is 0 Å². The third-order valence-electron chi connectivity index (χ3n) is 7.26. The van der Waals surface area contributed by atoms with Gasteiger partial charge in [0.1, 0.15) is 0 Å². The van der Waals surface area contributed by atoms with Crippen molar-refractivity contribution in [3.63, 3.8) is 0 Å². The van der Waals surface area contributed by atoms with E-state index in [1.54, 1.807) is 0 Å². The van der Waals surface area contributed by atoms with E-state index >= 15 is 0 Å². The van der Waals surface area contributed by atoms with Crippen LogP contribution in [-0.2, 0) is 11.3 Å². The number of benzene rings is 2. The third kappa shape index (κ3) is 4.81. The molecule has 0 aliphatic carbocycles. The first-order valence-electron chi connectivity index (χ1n) is 11.4. The Bertz CT molecular complexity index is 828. The van der Waals surface area contributed by atoms with Crippen molar-refractivity contribution in [2.24, 2.45) is 5.41 Å².